The Morgan fingerprint density at radius 1 is 1.23 bits per heavy atom. The van der Waals surface area contributed by atoms with Crippen molar-refractivity contribution in [3.05, 3.63) is 41.6 Å². The van der Waals surface area contributed by atoms with Crippen molar-refractivity contribution in [1.29, 1.82) is 0 Å². The van der Waals surface area contributed by atoms with E-state index in [1.54, 1.807) is 18.2 Å². The fraction of sp³-hybridized carbons (Fsp3) is 0.412. The van der Waals surface area contributed by atoms with Gasteiger partial charge in [-0.05, 0) is 50.2 Å². The molecule has 0 amide bonds. The van der Waals surface area contributed by atoms with Gasteiger partial charge in [-0.15, -0.1) is 0 Å². The first-order chi connectivity index (χ1) is 10.7. The van der Waals surface area contributed by atoms with Gasteiger partial charge >= 0.3 is 5.97 Å². The van der Waals surface area contributed by atoms with Crippen molar-refractivity contribution in [3.63, 3.8) is 0 Å². The van der Waals surface area contributed by atoms with Gasteiger partial charge in [0.1, 0.15) is 0 Å². The molecule has 3 rings (SSSR count). The minimum Gasteiger partial charge on any atom is -0.478 e. The van der Waals surface area contributed by atoms with E-state index in [0.717, 1.165) is 29.7 Å². The number of aromatic carboxylic acids is 1. The smallest absolute Gasteiger partial charge is 0.335 e. The maximum atomic E-state index is 11.0. The van der Waals surface area contributed by atoms with E-state index in [2.05, 4.69) is 9.88 Å². The number of hydrogen-bond acceptors (Lipinski definition) is 4. The summed E-state index contributed by atoms with van der Waals surface area (Å²) >= 11 is 0. The van der Waals surface area contributed by atoms with Gasteiger partial charge in [-0.1, -0.05) is 6.07 Å². The number of pyridine rings is 1. The highest BCUT2D eigenvalue weighted by Crippen LogP contribution is 2.15. The number of hydrogen-bond donors (Lipinski definition) is 1. The summed E-state index contributed by atoms with van der Waals surface area (Å²) in [5.41, 5.74) is 1.95. The van der Waals surface area contributed by atoms with E-state index in [1.807, 2.05) is 12.1 Å². The molecular formula is C17H20N2O3. The Labute approximate surface area is 129 Å². The maximum absolute atomic E-state index is 11.0. The Morgan fingerprint density at radius 2 is 2.05 bits per heavy atom. The normalized spacial score (nSPS) is 15.5. The number of fused-ring (bicyclic) bond motifs is 1. The first-order valence-electron chi connectivity index (χ1n) is 7.65. The highest BCUT2D eigenvalue weighted by atomic mass is 16.5. The molecular weight excluding hydrogens is 280 g/mol. The van der Waals surface area contributed by atoms with Gasteiger partial charge < -0.3 is 14.7 Å². The Morgan fingerprint density at radius 3 is 2.82 bits per heavy atom. The van der Waals surface area contributed by atoms with Gasteiger partial charge in [0.15, 0.2) is 0 Å². The lowest BCUT2D eigenvalue weighted by Crippen LogP contribution is -2.23. The Balaban J connectivity index is 1.57. The first-order valence-corrected chi connectivity index (χ1v) is 7.65. The summed E-state index contributed by atoms with van der Waals surface area (Å²) in [5.74, 6) is -0.920. The Hall–Kier alpha value is -1.98. The van der Waals surface area contributed by atoms with Crippen LogP contribution in [0.5, 0.6) is 0 Å². The van der Waals surface area contributed by atoms with Crippen molar-refractivity contribution < 1.29 is 14.6 Å². The zero-order valence-corrected chi connectivity index (χ0v) is 12.5. The van der Waals surface area contributed by atoms with Crippen LogP contribution in [0.4, 0.5) is 0 Å². The molecule has 1 fully saturated rings. The second-order valence-electron chi connectivity index (χ2n) is 5.62. The van der Waals surface area contributed by atoms with E-state index in [0.29, 0.717) is 6.61 Å². The third-order valence-electron chi connectivity index (χ3n) is 3.99. The van der Waals surface area contributed by atoms with Gasteiger partial charge in [-0.25, -0.2) is 4.79 Å². The molecule has 1 aliphatic rings. The monoisotopic (exact) mass is 300 g/mol. The molecule has 2 heterocycles. The number of ether oxygens (including phenoxy) is 1. The Bertz CT molecular complexity index is 666. The van der Waals surface area contributed by atoms with E-state index in [-0.39, 0.29) is 5.56 Å². The fourth-order valence-corrected chi connectivity index (χ4v) is 2.76. The van der Waals surface area contributed by atoms with Crippen LogP contribution in [-0.2, 0) is 11.3 Å². The summed E-state index contributed by atoms with van der Waals surface area (Å²) in [4.78, 5) is 17.9. The molecule has 1 aromatic heterocycles. The molecule has 116 valence electrons. The zero-order chi connectivity index (χ0) is 15.4. The molecule has 0 atom stereocenters. The van der Waals surface area contributed by atoms with Crippen LogP contribution in [0.2, 0.25) is 0 Å². The summed E-state index contributed by atoms with van der Waals surface area (Å²) in [7, 11) is 0. The van der Waals surface area contributed by atoms with Crippen molar-refractivity contribution in [2.75, 3.05) is 26.2 Å². The van der Waals surface area contributed by atoms with E-state index < -0.39 is 5.97 Å². The number of benzene rings is 1. The number of carboxylic acid groups (broad SMARTS) is 1. The summed E-state index contributed by atoms with van der Waals surface area (Å²) < 4.78 is 5.69. The minimum absolute atomic E-state index is 0.281. The second-order valence-corrected chi connectivity index (χ2v) is 5.62. The largest absolute Gasteiger partial charge is 0.478 e. The van der Waals surface area contributed by atoms with Crippen molar-refractivity contribution in [1.82, 2.24) is 9.88 Å². The lowest BCUT2D eigenvalue weighted by Gasteiger charge is -2.14. The van der Waals surface area contributed by atoms with Crippen molar-refractivity contribution in [2.24, 2.45) is 0 Å². The third-order valence-corrected chi connectivity index (χ3v) is 3.99. The summed E-state index contributed by atoms with van der Waals surface area (Å²) in [6.07, 6.45) is 2.59. The number of carboxylic acids is 1. The van der Waals surface area contributed by atoms with Gasteiger partial charge in [-0.2, -0.15) is 0 Å². The molecule has 2 aromatic rings. The molecule has 22 heavy (non-hydrogen) atoms. The molecule has 5 heteroatoms. The van der Waals surface area contributed by atoms with Crippen LogP contribution in [0.3, 0.4) is 0 Å². The minimum atomic E-state index is -0.920. The van der Waals surface area contributed by atoms with Gasteiger partial charge in [0, 0.05) is 11.9 Å². The molecule has 1 aromatic carbocycles. The Kier molecular flexibility index (Phi) is 4.65. The van der Waals surface area contributed by atoms with E-state index in [4.69, 9.17) is 9.84 Å². The van der Waals surface area contributed by atoms with Gasteiger partial charge in [-0.3, -0.25) is 4.98 Å². The first kappa shape index (κ1) is 14.9. The van der Waals surface area contributed by atoms with Crippen LogP contribution < -0.4 is 0 Å². The van der Waals surface area contributed by atoms with Gasteiger partial charge in [0.2, 0.25) is 0 Å². The molecule has 1 saturated heterocycles. The number of rotatable bonds is 6. The number of carbonyl (C=O) groups is 1. The highest BCUT2D eigenvalue weighted by Gasteiger charge is 2.10. The van der Waals surface area contributed by atoms with Crippen LogP contribution in [0, 0.1) is 0 Å². The van der Waals surface area contributed by atoms with Crippen LogP contribution in [0.15, 0.2) is 30.3 Å². The van der Waals surface area contributed by atoms with E-state index in [9.17, 15) is 4.79 Å². The zero-order valence-electron chi connectivity index (χ0n) is 12.5. The average Bonchev–Trinajstić information content (AvgIpc) is 3.04. The standard InChI is InChI=1S/C17H20N2O3/c20-17(21)14-4-6-16-13(11-14)3-5-15(18-16)12-22-10-9-19-7-1-2-8-19/h3-6,11H,1-2,7-10,12H2,(H,20,21). The lowest BCUT2D eigenvalue weighted by atomic mass is 10.1. The lowest BCUT2D eigenvalue weighted by molar-refractivity contribution is 0.0697. The van der Waals surface area contributed by atoms with Crippen molar-refractivity contribution in [2.45, 2.75) is 19.4 Å². The molecule has 1 N–H and O–H groups in total. The maximum Gasteiger partial charge on any atom is 0.335 e. The van der Waals surface area contributed by atoms with Crippen LogP contribution in [0.25, 0.3) is 10.9 Å². The van der Waals surface area contributed by atoms with Crippen molar-refractivity contribution >= 4 is 16.9 Å². The van der Waals surface area contributed by atoms with Crippen LogP contribution in [-0.4, -0.2) is 47.2 Å². The van der Waals surface area contributed by atoms with E-state index >= 15 is 0 Å². The van der Waals surface area contributed by atoms with Gasteiger partial charge in [0.05, 0.1) is 30.0 Å². The van der Waals surface area contributed by atoms with Crippen molar-refractivity contribution in [3.8, 4) is 0 Å². The highest BCUT2D eigenvalue weighted by molar-refractivity contribution is 5.93. The number of nitrogens with zero attached hydrogens (tertiary/aromatic N) is 2. The molecule has 0 unspecified atom stereocenters. The molecule has 1 aliphatic heterocycles. The van der Waals surface area contributed by atoms with Crippen LogP contribution >= 0.6 is 0 Å². The van der Waals surface area contributed by atoms with Gasteiger partial charge in [0.25, 0.3) is 0 Å². The quantitative estimate of drug-likeness (QED) is 0.831. The molecule has 0 radical (unpaired) electrons. The van der Waals surface area contributed by atoms with E-state index in [1.165, 1.54) is 25.9 Å². The predicted molar refractivity (Wildman–Crippen MR) is 84.0 cm³/mol. The summed E-state index contributed by atoms with van der Waals surface area (Å²) in [6, 6.07) is 8.75. The third kappa shape index (κ3) is 3.61. The number of aromatic nitrogens is 1. The fourth-order valence-electron chi connectivity index (χ4n) is 2.76. The predicted octanol–water partition coefficient (Wildman–Crippen LogP) is 2.55. The number of likely N-dealkylation sites (tertiary alicyclic amines) is 1. The second kappa shape index (κ2) is 6.85. The molecule has 0 saturated carbocycles. The SMILES string of the molecule is O=C(O)c1ccc2nc(COCCN3CCCC3)ccc2c1. The van der Waals surface area contributed by atoms with Crippen LogP contribution in [0.1, 0.15) is 28.9 Å². The molecule has 0 aliphatic carbocycles. The topological polar surface area (TPSA) is 62.7 Å². The molecule has 0 spiro atoms. The molecule has 5 nitrogen and oxygen atoms in total. The summed E-state index contributed by atoms with van der Waals surface area (Å²) in [5, 5.41) is 9.82. The average molecular weight is 300 g/mol. The molecule has 0 bridgehead atoms. The summed E-state index contributed by atoms with van der Waals surface area (Å²) in [6.45, 7) is 4.56.